The maximum Gasteiger partial charge on any atom is 0.195 e. The van der Waals surface area contributed by atoms with E-state index < -0.39 is 0 Å². The molecule has 1 atom stereocenters. The molecule has 1 saturated heterocycles. The molecule has 4 nitrogen and oxygen atoms in total. The van der Waals surface area contributed by atoms with Crippen molar-refractivity contribution in [3.63, 3.8) is 0 Å². The number of anilines is 1. The second-order valence-corrected chi connectivity index (χ2v) is 8.14. The third kappa shape index (κ3) is 3.34. The number of carbonyl (C=O) groups is 1. The van der Waals surface area contributed by atoms with Crippen LogP contribution in [0.25, 0.3) is 10.9 Å². The van der Waals surface area contributed by atoms with E-state index in [4.69, 9.17) is 0 Å². The van der Waals surface area contributed by atoms with E-state index in [-0.39, 0.29) is 17.6 Å². The molecule has 29 heavy (non-hydrogen) atoms. The van der Waals surface area contributed by atoms with Crippen molar-refractivity contribution >= 4 is 33.0 Å². The molecule has 1 fully saturated rings. The average Bonchev–Trinajstić information content (AvgIpc) is 3.44. The first-order valence-electron chi connectivity index (χ1n) is 9.63. The van der Waals surface area contributed by atoms with Gasteiger partial charge in [-0.1, -0.05) is 12.1 Å². The number of rotatable bonds is 4. The number of hydrogen-bond acceptors (Lipinski definition) is 4. The van der Waals surface area contributed by atoms with E-state index in [9.17, 15) is 9.18 Å². The van der Waals surface area contributed by atoms with E-state index in [1.807, 2.05) is 12.1 Å². The van der Waals surface area contributed by atoms with Crippen LogP contribution in [0.4, 0.5) is 9.39 Å². The number of aromatic amines is 1. The van der Waals surface area contributed by atoms with E-state index in [0.717, 1.165) is 36.1 Å². The number of thiophene rings is 1. The van der Waals surface area contributed by atoms with Gasteiger partial charge in [0, 0.05) is 47.9 Å². The second-order valence-electron chi connectivity index (χ2n) is 7.21. The van der Waals surface area contributed by atoms with Gasteiger partial charge >= 0.3 is 0 Å². The van der Waals surface area contributed by atoms with E-state index in [1.165, 1.54) is 29.3 Å². The van der Waals surface area contributed by atoms with Crippen LogP contribution in [0.15, 0.2) is 66.2 Å². The van der Waals surface area contributed by atoms with Crippen LogP contribution in [0.3, 0.4) is 0 Å². The molecule has 1 aliphatic heterocycles. The summed E-state index contributed by atoms with van der Waals surface area (Å²) >= 11 is 1.75. The molecular weight excluding hydrogens is 385 g/mol. The van der Waals surface area contributed by atoms with Gasteiger partial charge in [-0.3, -0.25) is 4.79 Å². The lowest BCUT2D eigenvalue weighted by molar-refractivity contribution is 0.104. The first-order chi connectivity index (χ1) is 14.2. The van der Waals surface area contributed by atoms with Crippen molar-refractivity contribution in [3.8, 4) is 0 Å². The van der Waals surface area contributed by atoms with Crippen molar-refractivity contribution < 1.29 is 9.18 Å². The Bertz CT molecular complexity index is 1150. The van der Waals surface area contributed by atoms with Crippen molar-refractivity contribution in [1.29, 1.82) is 0 Å². The van der Waals surface area contributed by atoms with Crippen molar-refractivity contribution in [2.24, 2.45) is 0 Å². The minimum atomic E-state index is -0.346. The smallest absolute Gasteiger partial charge is 0.195 e. The van der Waals surface area contributed by atoms with Gasteiger partial charge in [0.2, 0.25) is 0 Å². The topological polar surface area (TPSA) is 48.1 Å². The van der Waals surface area contributed by atoms with Gasteiger partial charge in [-0.05, 0) is 53.4 Å². The molecule has 2 N–H and O–H groups in total. The number of aromatic nitrogens is 1. The summed E-state index contributed by atoms with van der Waals surface area (Å²) in [4.78, 5) is 18.8. The van der Waals surface area contributed by atoms with Crippen LogP contribution in [0.2, 0.25) is 0 Å². The molecule has 5 rings (SSSR count). The summed E-state index contributed by atoms with van der Waals surface area (Å²) in [6, 6.07) is 16.2. The largest absolute Gasteiger partial charge is 0.360 e. The summed E-state index contributed by atoms with van der Waals surface area (Å²) in [6.45, 7) is 2.68. The lowest BCUT2D eigenvalue weighted by Gasteiger charge is -2.35. The van der Waals surface area contributed by atoms with Crippen molar-refractivity contribution in [3.05, 3.63) is 88.7 Å². The number of benzene rings is 2. The number of nitrogens with one attached hydrogen (secondary N) is 2. The van der Waals surface area contributed by atoms with Gasteiger partial charge < -0.3 is 15.2 Å². The van der Waals surface area contributed by atoms with Crippen molar-refractivity contribution in [2.45, 2.75) is 6.04 Å². The molecule has 0 radical (unpaired) electrons. The predicted octanol–water partition coefficient (Wildman–Crippen LogP) is 4.75. The minimum absolute atomic E-state index is 0.102. The van der Waals surface area contributed by atoms with Crippen LogP contribution in [0.1, 0.15) is 27.5 Å². The molecule has 2 aromatic carbocycles. The van der Waals surface area contributed by atoms with E-state index in [0.29, 0.717) is 11.1 Å². The summed E-state index contributed by atoms with van der Waals surface area (Å²) in [7, 11) is 0. The zero-order valence-corrected chi connectivity index (χ0v) is 16.5. The first-order valence-corrected chi connectivity index (χ1v) is 10.5. The van der Waals surface area contributed by atoms with Gasteiger partial charge in [0.25, 0.3) is 0 Å². The molecule has 146 valence electrons. The van der Waals surface area contributed by atoms with Gasteiger partial charge in [-0.2, -0.15) is 0 Å². The standard InChI is InChI=1S/C23H20FN3OS/c24-16-8-6-15(7-9-16)23(28)18-13-26-19-4-1-3-17(22(18)19)20-14-27(11-10-25-20)21-5-2-12-29-21/h1-9,12-13,20,25-26H,10-11,14H2. The van der Waals surface area contributed by atoms with E-state index >= 15 is 0 Å². The third-order valence-corrected chi connectivity index (χ3v) is 6.39. The fraction of sp³-hybridized carbons (Fsp3) is 0.174. The third-order valence-electron chi connectivity index (χ3n) is 5.46. The molecule has 1 aliphatic rings. The van der Waals surface area contributed by atoms with Crippen LogP contribution < -0.4 is 10.2 Å². The number of hydrogen-bond donors (Lipinski definition) is 2. The Morgan fingerprint density at radius 3 is 2.76 bits per heavy atom. The van der Waals surface area contributed by atoms with Gasteiger partial charge in [-0.15, -0.1) is 11.3 Å². The van der Waals surface area contributed by atoms with Crippen LogP contribution in [0, 0.1) is 5.82 Å². The Labute approximate surface area is 172 Å². The monoisotopic (exact) mass is 405 g/mol. The molecule has 0 amide bonds. The summed E-state index contributed by atoms with van der Waals surface area (Å²) in [6.07, 6.45) is 1.76. The number of halogens is 1. The summed E-state index contributed by atoms with van der Waals surface area (Å²) in [5.74, 6) is -0.448. The highest BCUT2D eigenvalue weighted by atomic mass is 32.1. The molecule has 0 spiro atoms. The molecule has 6 heteroatoms. The van der Waals surface area contributed by atoms with Crippen LogP contribution >= 0.6 is 11.3 Å². The molecule has 0 bridgehead atoms. The fourth-order valence-corrected chi connectivity index (χ4v) is 4.82. The number of ketones is 1. The Balaban J connectivity index is 1.54. The predicted molar refractivity (Wildman–Crippen MR) is 115 cm³/mol. The lowest BCUT2D eigenvalue weighted by Crippen LogP contribution is -2.45. The van der Waals surface area contributed by atoms with E-state index in [1.54, 1.807) is 17.5 Å². The molecule has 3 heterocycles. The quantitative estimate of drug-likeness (QED) is 0.482. The maximum absolute atomic E-state index is 13.3. The summed E-state index contributed by atoms with van der Waals surface area (Å²) < 4.78 is 13.3. The first kappa shape index (κ1) is 18.1. The van der Waals surface area contributed by atoms with Crippen molar-refractivity contribution in [1.82, 2.24) is 10.3 Å². The number of H-pyrrole nitrogens is 1. The van der Waals surface area contributed by atoms with E-state index in [2.05, 4.69) is 38.8 Å². The van der Waals surface area contributed by atoms with Gasteiger partial charge in [0.05, 0.1) is 11.0 Å². The highest BCUT2D eigenvalue weighted by Gasteiger charge is 2.25. The Hall–Kier alpha value is -2.96. The van der Waals surface area contributed by atoms with Crippen LogP contribution in [-0.2, 0) is 0 Å². The normalized spacial score (nSPS) is 17.0. The molecule has 2 aromatic heterocycles. The SMILES string of the molecule is O=C(c1ccc(F)cc1)c1c[nH]c2cccc(C3CN(c4cccs4)CCN3)c12. The Morgan fingerprint density at radius 2 is 1.97 bits per heavy atom. The summed E-state index contributed by atoms with van der Waals surface area (Å²) in [5, 5.41) is 7.91. The zero-order chi connectivity index (χ0) is 19.8. The van der Waals surface area contributed by atoms with Gasteiger partial charge in [0.15, 0.2) is 5.78 Å². The maximum atomic E-state index is 13.3. The second kappa shape index (κ2) is 7.46. The minimum Gasteiger partial charge on any atom is -0.360 e. The Morgan fingerprint density at radius 1 is 1.10 bits per heavy atom. The average molecular weight is 405 g/mol. The number of nitrogens with zero attached hydrogens (tertiary/aromatic N) is 1. The van der Waals surface area contributed by atoms with Crippen LogP contribution in [-0.4, -0.2) is 30.4 Å². The summed E-state index contributed by atoms with van der Waals surface area (Å²) in [5.41, 5.74) is 3.15. The fourth-order valence-electron chi connectivity index (χ4n) is 4.05. The molecule has 4 aromatic rings. The highest BCUT2D eigenvalue weighted by molar-refractivity contribution is 7.14. The molecule has 1 unspecified atom stereocenters. The van der Waals surface area contributed by atoms with Gasteiger partial charge in [-0.25, -0.2) is 4.39 Å². The highest BCUT2D eigenvalue weighted by Crippen LogP contribution is 2.32. The number of piperazine rings is 1. The number of carbonyl (C=O) groups excluding carboxylic acids is 1. The van der Waals surface area contributed by atoms with Crippen LogP contribution in [0.5, 0.6) is 0 Å². The Kier molecular flexibility index (Phi) is 4.66. The van der Waals surface area contributed by atoms with Gasteiger partial charge in [0.1, 0.15) is 5.82 Å². The zero-order valence-electron chi connectivity index (χ0n) is 15.7. The molecule has 0 aliphatic carbocycles. The number of fused-ring (bicyclic) bond motifs is 1. The molecule has 0 saturated carbocycles. The molecular formula is C23H20FN3OS. The lowest BCUT2D eigenvalue weighted by atomic mass is 9.95. The van der Waals surface area contributed by atoms with Crippen molar-refractivity contribution in [2.75, 3.05) is 24.5 Å².